The molecule has 0 fully saturated rings. The third-order valence-electron chi connectivity index (χ3n) is 4.64. The zero-order valence-corrected chi connectivity index (χ0v) is 18.3. The van der Waals surface area contributed by atoms with E-state index in [0.717, 1.165) is 22.0 Å². The number of hydrogen-bond acceptors (Lipinski definition) is 4. The molecule has 0 bridgehead atoms. The lowest BCUT2D eigenvalue weighted by atomic mass is 10.0. The molecule has 0 heterocycles. The van der Waals surface area contributed by atoms with Crippen molar-refractivity contribution in [3.8, 4) is 11.5 Å². The lowest BCUT2D eigenvalue weighted by Gasteiger charge is -2.18. The van der Waals surface area contributed by atoms with Crippen molar-refractivity contribution < 1.29 is 23.6 Å². The fourth-order valence-electron chi connectivity index (χ4n) is 3.06. The van der Waals surface area contributed by atoms with E-state index in [1.54, 1.807) is 6.07 Å². The van der Waals surface area contributed by atoms with Crippen LogP contribution in [0.5, 0.6) is 11.5 Å². The minimum atomic E-state index is -0.435. The largest absolute Gasteiger partial charge is 0.490 e. The summed E-state index contributed by atoms with van der Waals surface area (Å²) in [5.74, 6) is 0.328. The van der Waals surface area contributed by atoms with Crippen molar-refractivity contribution in [2.75, 3.05) is 6.54 Å². The van der Waals surface area contributed by atoms with Gasteiger partial charge < -0.3 is 9.47 Å². The summed E-state index contributed by atoms with van der Waals surface area (Å²) in [4.78, 5) is 25.0. The van der Waals surface area contributed by atoms with Crippen LogP contribution in [0.1, 0.15) is 58.8 Å². The first-order valence-electron chi connectivity index (χ1n) is 9.79. The Morgan fingerprint density at radius 2 is 1.69 bits per heavy atom. The number of carbonyl (C=O) groups excluding carboxylic acids is 2. The van der Waals surface area contributed by atoms with Crippen molar-refractivity contribution in [1.29, 1.82) is 0 Å². The number of rotatable bonds is 7. The van der Waals surface area contributed by atoms with Crippen LogP contribution < -0.4 is 9.47 Å². The lowest BCUT2D eigenvalue weighted by Crippen LogP contribution is -2.22. The topological polar surface area (TPSA) is 55.6 Å². The van der Waals surface area contributed by atoms with Crippen molar-refractivity contribution in [3.63, 3.8) is 0 Å². The Morgan fingerprint density at radius 1 is 1.07 bits per heavy atom. The summed E-state index contributed by atoms with van der Waals surface area (Å²) in [6.07, 6.45) is 1.77. The molecule has 0 aliphatic carbocycles. The zero-order chi connectivity index (χ0) is 21.7. The third kappa shape index (κ3) is 5.31. The molecule has 2 aromatic rings. The van der Waals surface area contributed by atoms with E-state index < -0.39 is 5.97 Å². The van der Waals surface area contributed by atoms with Crippen molar-refractivity contribution in [2.24, 2.45) is 0 Å². The van der Waals surface area contributed by atoms with Crippen molar-refractivity contribution in [2.45, 2.75) is 54.6 Å². The Bertz CT molecular complexity index is 995. The summed E-state index contributed by atoms with van der Waals surface area (Å²) in [5, 5.41) is 1.48. The number of ether oxygens (including phenoxy) is 2. The summed E-state index contributed by atoms with van der Waals surface area (Å²) in [5.41, 5.74) is 2.56. The summed E-state index contributed by atoms with van der Waals surface area (Å²) in [6.45, 7) is 13.3. The number of esters is 1. The number of ketones is 1. The van der Waals surface area contributed by atoms with Gasteiger partial charge in [0.05, 0.1) is 11.7 Å². The van der Waals surface area contributed by atoms with Crippen LogP contribution in [0.15, 0.2) is 41.6 Å². The van der Waals surface area contributed by atoms with Gasteiger partial charge in [-0.1, -0.05) is 24.3 Å². The first-order valence-corrected chi connectivity index (χ1v) is 9.79. The normalized spacial score (nSPS) is 11.5. The predicted octanol–water partition coefficient (Wildman–Crippen LogP) is 5.15. The lowest BCUT2D eigenvalue weighted by molar-refractivity contribution is -0.458. The van der Waals surface area contributed by atoms with Gasteiger partial charge >= 0.3 is 5.97 Å². The van der Waals surface area contributed by atoms with E-state index in [9.17, 15) is 9.59 Å². The molecule has 29 heavy (non-hydrogen) atoms. The molecular weight excluding hydrogens is 366 g/mol. The number of nitrogens with zero attached hydrogens (tertiary/aromatic N) is 1. The number of Topliss-reactive ketones (excluding diaryl/α,β-unsaturated/α-hetero) is 1. The molecule has 2 aromatic carbocycles. The average Bonchev–Trinajstić information content (AvgIpc) is 2.66. The number of fused-ring (bicyclic) bond motifs is 1. The van der Waals surface area contributed by atoms with Crippen molar-refractivity contribution in [1.82, 2.24) is 0 Å². The van der Waals surface area contributed by atoms with E-state index in [1.807, 2.05) is 76.6 Å². The van der Waals surface area contributed by atoms with Crippen molar-refractivity contribution >= 4 is 28.7 Å². The fourth-order valence-corrected chi connectivity index (χ4v) is 3.06. The minimum Gasteiger partial charge on any atom is -0.490 e. The number of allylic oxidation sites excluding steroid dienone is 2. The van der Waals surface area contributed by atoms with E-state index in [-0.39, 0.29) is 18.4 Å². The van der Waals surface area contributed by atoms with Crippen LogP contribution in [0.3, 0.4) is 0 Å². The Labute approximate surface area is 172 Å². The molecular formula is C24H30NO4+. The van der Waals surface area contributed by atoms with Gasteiger partial charge in [0.2, 0.25) is 12.3 Å². The van der Waals surface area contributed by atoms with E-state index in [0.29, 0.717) is 17.1 Å². The van der Waals surface area contributed by atoms with Gasteiger partial charge in [-0.05, 0) is 39.3 Å². The standard InChI is InChI=1S/C24H30NO4/c1-8-25(17(6)15(2)3)14-22(27)21-13-23(29-18(7)26)19-11-9-10-12-20(19)24(21)28-16(4)5/h8-13,16H,14H2,1-7H3/q+1. The van der Waals surface area contributed by atoms with Crippen LogP contribution in [0.2, 0.25) is 0 Å². The van der Waals surface area contributed by atoms with E-state index in [2.05, 4.69) is 0 Å². The molecule has 0 saturated carbocycles. The highest BCUT2D eigenvalue weighted by atomic mass is 16.5. The van der Waals surface area contributed by atoms with Crippen LogP contribution in [0.4, 0.5) is 0 Å². The van der Waals surface area contributed by atoms with Gasteiger partial charge in [-0.3, -0.25) is 9.59 Å². The number of hydrogen-bond donors (Lipinski definition) is 0. The third-order valence-corrected chi connectivity index (χ3v) is 4.64. The summed E-state index contributed by atoms with van der Waals surface area (Å²) >= 11 is 0. The smallest absolute Gasteiger partial charge is 0.308 e. The zero-order valence-electron chi connectivity index (χ0n) is 18.3. The Balaban J connectivity index is 2.67. The maximum atomic E-state index is 13.3. The second kappa shape index (κ2) is 9.50. The molecule has 5 heteroatoms. The molecule has 0 saturated heterocycles. The second-order valence-electron chi connectivity index (χ2n) is 7.45. The van der Waals surface area contributed by atoms with Gasteiger partial charge in [-0.2, -0.15) is 4.58 Å². The van der Waals surface area contributed by atoms with Crippen LogP contribution in [-0.2, 0) is 4.79 Å². The van der Waals surface area contributed by atoms with Gasteiger partial charge in [0.15, 0.2) is 5.70 Å². The highest BCUT2D eigenvalue weighted by Gasteiger charge is 2.24. The molecule has 5 nitrogen and oxygen atoms in total. The summed E-state index contributed by atoms with van der Waals surface area (Å²) in [6, 6.07) is 9.09. The van der Waals surface area contributed by atoms with Gasteiger partial charge in [0, 0.05) is 31.5 Å². The average molecular weight is 397 g/mol. The molecule has 0 aromatic heterocycles. The molecule has 0 unspecified atom stereocenters. The number of benzene rings is 2. The molecule has 2 rings (SSSR count). The van der Waals surface area contributed by atoms with E-state index in [1.165, 1.54) is 6.92 Å². The SMILES string of the molecule is CC=[N+](CC(=O)c1cc(OC(C)=O)c2ccccc2c1OC(C)C)C(C)=C(C)C. The van der Waals surface area contributed by atoms with Crippen LogP contribution in [-0.4, -0.2) is 35.2 Å². The highest BCUT2D eigenvalue weighted by Crippen LogP contribution is 2.38. The van der Waals surface area contributed by atoms with Gasteiger partial charge in [-0.25, -0.2) is 0 Å². The molecule has 0 radical (unpaired) electrons. The van der Waals surface area contributed by atoms with Gasteiger partial charge in [0.1, 0.15) is 17.7 Å². The number of carbonyl (C=O) groups is 2. The molecule has 0 aliphatic rings. The Hall–Kier alpha value is -2.95. The van der Waals surface area contributed by atoms with E-state index in [4.69, 9.17) is 9.47 Å². The van der Waals surface area contributed by atoms with Crippen LogP contribution in [0, 0.1) is 0 Å². The Morgan fingerprint density at radius 3 is 2.21 bits per heavy atom. The monoisotopic (exact) mass is 396 g/mol. The second-order valence-corrected chi connectivity index (χ2v) is 7.45. The molecule has 0 N–H and O–H groups in total. The fraction of sp³-hybridized carbons (Fsp3) is 0.375. The first-order chi connectivity index (χ1) is 13.6. The minimum absolute atomic E-state index is 0.112. The maximum Gasteiger partial charge on any atom is 0.308 e. The molecule has 0 aliphatic heterocycles. The summed E-state index contributed by atoms with van der Waals surface area (Å²) in [7, 11) is 0. The quantitative estimate of drug-likeness (QED) is 0.213. The van der Waals surface area contributed by atoms with E-state index >= 15 is 0 Å². The summed E-state index contributed by atoms with van der Waals surface area (Å²) < 4.78 is 13.4. The van der Waals surface area contributed by atoms with Gasteiger partial charge in [-0.15, -0.1) is 0 Å². The molecule has 0 amide bonds. The first kappa shape index (κ1) is 22.3. The van der Waals surface area contributed by atoms with Gasteiger partial charge in [0.25, 0.3) is 0 Å². The van der Waals surface area contributed by atoms with Crippen molar-refractivity contribution in [3.05, 3.63) is 47.2 Å². The maximum absolute atomic E-state index is 13.3. The molecule has 0 spiro atoms. The van der Waals surface area contributed by atoms with Crippen LogP contribution in [0.25, 0.3) is 10.8 Å². The highest BCUT2D eigenvalue weighted by molar-refractivity contribution is 6.08. The molecule has 0 atom stereocenters. The van der Waals surface area contributed by atoms with Crippen LogP contribution >= 0.6 is 0 Å². The molecule has 154 valence electrons. The predicted molar refractivity (Wildman–Crippen MR) is 116 cm³/mol. The Kier molecular flexibility index (Phi) is 7.32.